The molecule has 0 amide bonds. The topological polar surface area (TPSA) is 75.5 Å². The molecule has 2 aromatic rings. The minimum atomic E-state index is -0.335. The molecule has 0 fully saturated rings. The lowest BCUT2D eigenvalue weighted by atomic mass is 10.2. The summed E-state index contributed by atoms with van der Waals surface area (Å²) in [5, 5.41) is 8.99. The molecule has 1 aliphatic heterocycles. The van der Waals surface area contributed by atoms with Gasteiger partial charge in [-0.15, -0.1) is 10.2 Å². The third-order valence-electron chi connectivity index (χ3n) is 3.75. The Morgan fingerprint density at radius 2 is 2.16 bits per heavy atom. The Labute approximate surface area is 150 Å². The van der Waals surface area contributed by atoms with E-state index in [9.17, 15) is 4.79 Å². The summed E-state index contributed by atoms with van der Waals surface area (Å²) in [5.41, 5.74) is 0. The zero-order chi connectivity index (χ0) is 17.6. The van der Waals surface area contributed by atoms with E-state index in [0.29, 0.717) is 29.9 Å². The Balaban J connectivity index is 1.59. The smallest absolute Gasteiger partial charge is 0.316 e. The van der Waals surface area contributed by atoms with Crippen molar-refractivity contribution in [2.45, 2.75) is 31.0 Å². The van der Waals surface area contributed by atoms with Gasteiger partial charge in [-0.1, -0.05) is 37.2 Å². The van der Waals surface area contributed by atoms with E-state index < -0.39 is 0 Å². The number of hydrogen-bond donors (Lipinski definition) is 0. The van der Waals surface area contributed by atoms with Gasteiger partial charge in [0.15, 0.2) is 28.6 Å². The molecule has 25 heavy (non-hydrogen) atoms. The first-order valence-electron chi connectivity index (χ1n) is 8.25. The Hall–Kier alpha value is -2.22. The number of carbonyl (C=O) groups is 1. The van der Waals surface area contributed by atoms with Crippen LogP contribution in [0.1, 0.15) is 31.7 Å². The third kappa shape index (κ3) is 4.25. The highest BCUT2D eigenvalue weighted by atomic mass is 32.2. The van der Waals surface area contributed by atoms with Crippen LogP contribution in [0.2, 0.25) is 0 Å². The minimum absolute atomic E-state index is 0.209. The number of carbonyl (C=O) groups excluding carboxylic acids is 1. The Morgan fingerprint density at radius 1 is 1.36 bits per heavy atom. The van der Waals surface area contributed by atoms with E-state index in [1.807, 2.05) is 35.9 Å². The second kappa shape index (κ2) is 8.24. The van der Waals surface area contributed by atoms with Crippen molar-refractivity contribution in [1.82, 2.24) is 14.8 Å². The molecule has 0 bridgehead atoms. The summed E-state index contributed by atoms with van der Waals surface area (Å²) in [4.78, 5) is 11.7. The summed E-state index contributed by atoms with van der Waals surface area (Å²) in [6, 6.07) is 7.53. The molecule has 2 heterocycles. The summed E-state index contributed by atoms with van der Waals surface area (Å²) >= 11 is 1.30. The van der Waals surface area contributed by atoms with Gasteiger partial charge in [-0.05, 0) is 18.6 Å². The number of hydrogen-bond acceptors (Lipinski definition) is 7. The van der Waals surface area contributed by atoms with E-state index in [-0.39, 0.29) is 17.8 Å². The first-order chi connectivity index (χ1) is 12.2. The second-order valence-corrected chi connectivity index (χ2v) is 6.57. The molecule has 0 saturated carbocycles. The zero-order valence-corrected chi connectivity index (χ0v) is 15.1. The minimum Gasteiger partial charge on any atom is -0.485 e. The lowest BCUT2D eigenvalue weighted by Crippen LogP contribution is -2.24. The maximum atomic E-state index is 11.7. The van der Waals surface area contributed by atoms with Gasteiger partial charge < -0.3 is 18.8 Å². The molecule has 7 nitrogen and oxygen atoms in total. The number of para-hydroxylation sites is 2. The molecule has 8 heteroatoms. The standard InChI is InChI=1S/C17H21N3O4S/c1-3-4-9-22-15(21)11-25-17-19-18-16(20(17)2)14-10-23-12-7-5-6-8-13(12)24-14/h5-8,14H,3-4,9-11H2,1-2H3/t14-/m1/s1. The molecular formula is C17H21N3O4S. The maximum Gasteiger partial charge on any atom is 0.316 e. The number of ether oxygens (including phenoxy) is 3. The molecule has 0 unspecified atom stereocenters. The fourth-order valence-corrected chi connectivity index (χ4v) is 3.09. The number of fused-ring (bicyclic) bond motifs is 1. The van der Waals surface area contributed by atoms with Crippen molar-refractivity contribution in [2.75, 3.05) is 19.0 Å². The SMILES string of the molecule is CCCCOC(=O)CSc1nnc([C@H]2COc3ccccc3O2)n1C. The zero-order valence-electron chi connectivity index (χ0n) is 14.3. The number of unbranched alkanes of at least 4 members (excludes halogenated alkanes) is 1. The Bertz CT molecular complexity index is 734. The van der Waals surface area contributed by atoms with E-state index in [1.54, 1.807) is 0 Å². The van der Waals surface area contributed by atoms with Crippen molar-refractivity contribution >= 4 is 17.7 Å². The number of thioether (sulfide) groups is 1. The number of nitrogens with zero attached hydrogens (tertiary/aromatic N) is 3. The van der Waals surface area contributed by atoms with E-state index in [0.717, 1.165) is 18.6 Å². The van der Waals surface area contributed by atoms with E-state index in [2.05, 4.69) is 17.1 Å². The van der Waals surface area contributed by atoms with Gasteiger partial charge in [0.2, 0.25) is 0 Å². The molecule has 0 saturated heterocycles. The van der Waals surface area contributed by atoms with Crippen LogP contribution in [0.5, 0.6) is 11.5 Å². The molecule has 1 aromatic carbocycles. The van der Waals surface area contributed by atoms with Crippen molar-refractivity contribution in [3.8, 4) is 11.5 Å². The van der Waals surface area contributed by atoms with Crippen LogP contribution in [0.25, 0.3) is 0 Å². The molecule has 1 atom stereocenters. The molecular weight excluding hydrogens is 342 g/mol. The number of benzene rings is 1. The fourth-order valence-electron chi connectivity index (χ4n) is 2.37. The van der Waals surface area contributed by atoms with Crippen LogP contribution in [-0.4, -0.2) is 39.7 Å². The number of esters is 1. The molecule has 0 spiro atoms. The predicted molar refractivity (Wildman–Crippen MR) is 92.9 cm³/mol. The highest BCUT2D eigenvalue weighted by Crippen LogP contribution is 2.35. The van der Waals surface area contributed by atoms with Gasteiger partial charge in [-0.25, -0.2) is 0 Å². The molecule has 3 rings (SSSR count). The van der Waals surface area contributed by atoms with Gasteiger partial charge in [0.05, 0.1) is 12.4 Å². The molecule has 1 aliphatic rings. The molecule has 0 radical (unpaired) electrons. The summed E-state index contributed by atoms with van der Waals surface area (Å²) in [6.07, 6.45) is 1.54. The van der Waals surface area contributed by atoms with Crippen LogP contribution in [0.4, 0.5) is 0 Å². The van der Waals surface area contributed by atoms with E-state index in [1.165, 1.54) is 11.8 Å². The van der Waals surface area contributed by atoms with E-state index >= 15 is 0 Å². The number of aromatic nitrogens is 3. The van der Waals surface area contributed by atoms with Crippen LogP contribution in [0, 0.1) is 0 Å². The van der Waals surface area contributed by atoms with Crippen LogP contribution in [0.3, 0.4) is 0 Å². The summed E-state index contributed by atoms with van der Waals surface area (Å²) in [7, 11) is 1.85. The van der Waals surface area contributed by atoms with Gasteiger partial charge in [-0.3, -0.25) is 4.79 Å². The van der Waals surface area contributed by atoms with Gasteiger partial charge >= 0.3 is 5.97 Å². The fraction of sp³-hybridized carbons (Fsp3) is 0.471. The lowest BCUT2D eigenvalue weighted by molar-refractivity contribution is -0.140. The van der Waals surface area contributed by atoms with Gasteiger partial charge in [0.25, 0.3) is 0 Å². The normalized spacial score (nSPS) is 15.8. The van der Waals surface area contributed by atoms with Crippen LogP contribution < -0.4 is 9.47 Å². The first-order valence-corrected chi connectivity index (χ1v) is 9.23. The predicted octanol–water partition coefficient (Wildman–Crippen LogP) is 2.76. The van der Waals surface area contributed by atoms with Crippen LogP contribution in [0.15, 0.2) is 29.4 Å². The van der Waals surface area contributed by atoms with Crippen molar-refractivity contribution in [1.29, 1.82) is 0 Å². The molecule has 1 aromatic heterocycles. The van der Waals surface area contributed by atoms with E-state index in [4.69, 9.17) is 14.2 Å². The Morgan fingerprint density at radius 3 is 2.96 bits per heavy atom. The van der Waals surface area contributed by atoms with Crippen molar-refractivity contribution in [3.05, 3.63) is 30.1 Å². The molecule has 134 valence electrons. The monoisotopic (exact) mass is 363 g/mol. The lowest BCUT2D eigenvalue weighted by Gasteiger charge is -2.25. The van der Waals surface area contributed by atoms with Gasteiger partial charge in [0.1, 0.15) is 6.61 Å². The quantitative estimate of drug-likeness (QED) is 0.425. The first kappa shape index (κ1) is 17.6. The van der Waals surface area contributed by atoms with Crippen LogP contribution >= 0.6 is 11.8 Å². The number of rotatable bonds is 7. The van der Waals surface area contributed by atoms with Crippen LogP contribution in [-0.2, 0) is 16.6 Å². The summed E-state index contributed by atoms with van der Waals surface area (Å²) < 4.78 is 18.6. The largest absolute Gasteiger partial charge is 0.485 e. The third-order valence-corrected chi connectivity index (χ3v) is 4.74. The molecule has 0 aliphatic carbocycles. The van der Waals surface area contributed by atoms with Crippen molar-refractivity contribution in [2.24, 2.45) is 7.05 Å². The summed E-state index contributed by atoms with van der Waals surface area (Å²) in [5.74, 6) is 2.05. The maximum absolute atomic E-state index is 11.7. The highest BCUT2D eigenvalue weighted by molar-refractivity contribution is 7.99. The average molecular weight is 363 g/mol. The summed E-state index contributed by atoms with van der Waals surface area (Å²) in [6.45, 7) is 2.89. The second-order valence-electron chi connectivity index (χ2n) is 5.63. The van der Waals surface area contributed by atoms with Crippen molar-refractivity contribution in [3.63, 3.8) is 0 Å². The molecule has 0 N–H and O–H groups in total. The average Bonchev–Trinajstić information content (AvgIpc) is 3.00. The van der Waals surface area contributed by atoms with Crippen molar-refractivity contribution < 1.29 is 19.0 Å². The Kier molecular flexibility index (Phi) is 5.80. The highest BCUT2D eigenvalue weighted by Gasteiger charge is 2.27. The van der Waals surface area contributed by atoms with Gasteiger partial charge in [-0.2, -0.15) is 0 Å². The van der Waals surface area contributed by atoms with Gasteiger partial charge in [0, 0.05) is 7.05 Å².